The normalized spacial score (nSPS) is 27.5. The number of nitrogens with zero attached hydrogens (tertiary/aromatic N) is 1. The van der Waals surface area contributed by atoms with E-state index in [1.807, 2.05) is 6.92 Å². The van der Waals surface area contributed by atoms with Crippen LogP contribution in [-0.2, 0) is 23.9 Å². The van der Waals surface area contributed by atoms with Crippen LogP contribution in [0.4, 0.5) is 0 Å². The maximum absolute atomic E-state index is 12.6. The molecule has 0 aromatic rings. The largest absolute Gasteiger partial charge is 0.461 e. The maximum Gasteiger partial charge on any atom is 0.355 e. The standard InChI is InChI=1S/C17H25NO6/c1-8-11(7-23-10(3)20)14(16(22)24-17(4,5)6)18-13(8)12(9(2)19)15(18)21/h8-9,12-13,19H,7H2,1-6H3/t8-,9+,12+,13+/m0/s1. The lowest BCUT2D eigenvalue weighted by atomic mass is 9.78. The smallest absolute Gasteiger partial charge is 0.355 e. The first-order valence-electron chi connectivity index (χ1n) is 8.06. The summed E-state index contributed by atoms with van der Waals surface area (Å²) < 4.78 is 10.5. The zero-order valence-corrected chi connectivity index (χ0v) is 15.0. The van der Waals surface area contributed by atoms with Crippen LogP contribution in [0.2, 0.25) is 0 Å². The van der Waals surface area contributed by atoms with Crippen molar-refractivity contribution in [1.29, 1.82) is 0 Å². The Kier molecular flexibility index (Phi) is 4.77. The summed E-state index contributed by atoms with van der Waals surface area (Å²) in [7, 11) is 0. The lowest BCUT2D eigenvalue weighted by Gasteiger charge is -2.46. The number of carbonyl (C=O) groups is 3. The third-order valence-electron chi connectivity index (χ3n) is 4.34. The quantitative estimate of drug-likeness (QED) is 0.607. The summed E-state index contributed by atoms with van der Waals surface area (Å²) in [5.41, 5.74) is -0.0123. The minimum atomic E-state index is -0.811. The predicted molar refractivity (Wildman–Crippen MR) is 84.5 cm³/mol. The van der Waals surface area contributed by atoms with Gasteiger partial charge >= 0.3 is 11.9 Å². The third-order valence-corrected chi connectivity index (χ3v) is 4.34. The first-order valence-corrected chi connectivity index (χ1v) is 8.06. The van der Waals surface area contributed by atoms with Crippen molar-refractivity contribution in [3.63, 3.8) is 0 Å². The molecule has 2 aliphatic rings. The van der Waals surface area contributed by atoms with Gasteiger partial charge in [-0.25, -0.2) is 4.79 Å². The Morgan fingerprint density at radius 1 is 1.33 bits per heavy atom. The van der Waals surface area contributed by atoms with E-state index in [0.717, 1.165) is 0 Å². The Morgan fingerprint density at radius 2 is 1.92 bits per heavy atom. The van der Waals surface area contributed by atoms with E-state index in [1.165, 1.54) is 11.8 Å². The van der Waals surface area contributed by atoms with Crippen molar-refractivity contribution >= 4 is 17.8 Å². The molecule has 0 spiro atoms. The molecule has 7 nitrogen and oxygen atoms in total. The summed E-state index contributed by atoms with van der Waals surface area (Å²) in [5.74, 6) is -2.15. The number of amides is 1. The van der Waals surface area contributed by atoms with Crippen LogP contribution in [0.5, 0.6) is 0 Å². The van der Waals surface area contributed by atoms with Gasteiger partial charge in [-0.15, -0.1) is 0 Å². The highest BCUT2D eigenvalue weighted by atomic mass is 16.6. The van der Waals surface area contributed by atoms with Crippen LogP contribution in [0, 0.1) is 11.8 Å². The highest BCUT2D eigenvalue weighted by Crippen LogP contribution is 2.47. The Hall–Kier alpha value is -1.89. The van der Waals surface area contributed by atoms with Gasteiger partial charge < -0.3 is 19.5 Å². The van der Waals surface area contributed by atoms with Gasteiger partial charge in [-0.1, -0.05) is 6.92 Å². The van der Waals surface area contributed by atoms with Crippen molar-refractivity contribution in [1.82, 2.24) is 4.90 Å². The molecule has 2 heterocycles. The fourth-order valence-electron chi connectivity index (χ4n) is 3.33. The van der Waals surface area contributed by atoms with E-state index in [1.54, 1.807) is 27.7 Å². The highest BCUT2D eigenvalue weighted by molar-refractivity contribution is 6.01. The van der Waals surface area contributed by atoms with Crippen LogP contribution in [0.3, 0.4) is 0 Å². The van der Waals surface area contributed by atoms with Gasteiger partial charge in [0.2, 0.25) is 5.91 Å². The lowest BCUT2D eigenvalue weighted by Crippen LogP contribution is -2.63. The van der Waals surface area contributed by atoms with E-state index < -0.39 is 29.6 Å². The van der Waals surface area contributed by atoms with E-state index in [9.17, 15) is 19.5 Å². The molecular weight excluding hydrogens is 314 g/mol. The number of aliphatic hydroxyl groups excluding tert-OH is 1. The molecule has 24 heavy (non-hydrogen) atoms. The first kappa shape index (κ1) is 18.4. The van der Waals surface area contributed by atoms with E-state index in [-0.39, 0.29) is 30.2 Å². The van der Waals surface area contributed by atoms with Gasteiger partial charge in [0.1, 0.15) is 17.9 Å². The summed E-state index contributed by atoms with van der Waals surface area (Å²) in [4.78, 5) is 37.5. The van der Waals surface area contributed by atoms with E-state index in [0.29, 0.717) is 5.57 Å². The molecule has 2 rings (SSSR count). The number of β-lactam (4-membered cyclic amide) rings is 1. The van der Waals surface area contributed by atoms with Gasteiger partial charge in [-0.3, -0.25) is 9.59 Å². The molecule has 0 aromatic heterocycles. The zero-order chi connectivity index (χ0) is 18.4. The fourth-order valence-corrected chi connectivity index (χ4v) is 3.33. The van der Waals surface area contributed by atoms with Crippen molar-refractivity contribution in [2.75, 3.05) is 6.61 Å². The van der Waals surface area contributed by atoms with Gasteiger partial charge in [-0.05, 0) is 27.7 Å². The molecule has 0 unspecified atom stereocenters. The molecule has 1 N–H and O–H groups in total. The topological polar surface area (TPSA) is 93.1 Å². The summed E-state index contributed by atoms with van der Waals surface area (Å²) in [6.45, 7) is 9.85. The maximum atomic E-state index is 12.6. The number of hydrogen-bond acceptors (Lipinski definition) is 6. The summed E-state index contributed by atoms with van der Waals surface area (Å²) in [5, 5.41) is 9.86. The van der Waals surface area contributed by atoms with Crippen molar-refractivity contribution in [2.24, 2.45) is 11.8 Å². The average Bonchev–Trinajstić information content (AvgIpc) is 2.63. The number of hydrogen-bond donors (Lipinski definition) is 1. The Morgan fingerprint density at radius 3 is 2.38 bits per heavy atom. The average molecular weight is 339 g/mol. The second-order valence-electron chi connectivity index (χ2n) is 7.41. The van der Waals surface area contributed by atoms with E-state index >= 15 is 0 Å². The highest BCUT2D eigenvalue weighted by Gasteiger charge is 2.60. The number of esters is 2. The van der Waals surface area contributed by atoms with Gasteiger partial charge in [-0.2, -0.15) is 0 Å². The third kappa shape index (κ3) is 3.17. The summed E-state index contributed by atoms with van der Waals surface area (Å²) in [6, 6.07) is -0.314. The van der Waals surface area contributed by atoms with Crippen molar-refractivity contribution in [3.05, 3.63) is 11.3 Å². The van der Waals surface area contributed by atoms with Gasteiger partial charge in [0.15, 0.2) is 0 Å². The Balaban J connectivity index is 2.37. The molecule has 1 saturated heterocycles. The minimum Gasteiger partial charge on any atom is -0.461 e. The molecule has 134 valence electrons. The van der Waals surface area contributed by atoms with Crippen molar-refractivity contribution in [2.45, 2.75) is 59.3 Å². The summed E-state index contributed by atoms with van der Waals surface area (Å²) in [6.07, 6.45) is -0.811. The van der Waals surface area contributed by atoms with Crippen molar-refractivity contribution in [3.8, 4) is 0 Å². The summed E-state index contributed by atoms with van der Waals surface area (Å²) >= 11 is 0. The van der Waals surface area contributed by atoms with Crippen LogP contribution in [0.25, 0.3) is 0 Å². The molecule has 0 radical (unpaired) electrons. The SMILES string of the molecule is CC(=O)OCC1=C(C(=O)OC(C)(C)C)N2C(=O)[C@H]([C@@H](C)O)[C@H]2[C@H]1C. The molecule has 1 amide bonds. The first-order chi connectivity index (χ1) is 11.0. The number of fused-ring (bicyclic) bond motifs is 1. The Labute approximate surface area is 141 Å². The molecule has 4 atom stereocenters. The van der Waals surface area contributed by atoms with E-state index in [4.69, 9.17) is 9.47 Å². The molecule has 0 aliphatic carbocycles. The molecule has 2 aliphatic heterocycles. The zero-order valence-electron chi connectivity index (χ0n) is 15.0. The Bertz CT molecular complexity index is 601. The van der Waals surface area contributed by atoms with Crippen LogP contribution >= 0.6 is 0 Å². The molecular formula is C17H25NO6. The van der Waals surface area contributed by atoms with Crippen LogP contribution in [0.15, 0.2) is 11.3 Å². The van der Waals surface area contributed by atoms with E-state index in [2.05, 4.69) is 0 Å². The monoisotopic (exact) mass is 339 g/mol. The van der Waals surface area contributed by atoms with Crippen LogP contribution in [0.1, 0.15) is 41.5 Å². The number of carbonyl (C=O) groups excluding carboxylic acids is 3. The second-order valence-corrected chi connectivity index (χ2v) is 7.41. The van der Waals surface area contributed by atoms with Gasteiger partial charge in [0.25, 0.3) is 0 Å². The van der Waals surface area contributed by atoms with Gasteiger partial charge in [0.05, 0.1) is 18.1 Å². The molecule has 1 fully saturated rings. The lowest BCUT2D eigenvalue weighted by molar-refractivity contribution is -0.167. The van der Waals surface area contributed by atoms with Crippen molar-refractivity contribution < 1.29 is 29.0 Å². The van der Waals surface area contributed by atoms with Gasteiger partial charge in [0, 0.05) is 18.4 Å². The molecule has 0 saturated carbocycles. The number of rotatable bonds is 4. The molecule has 7 heteroatoms. The predicted octanol–water partition coefficient (Wildman–Crippen LogP) is 1.00. The van der Waals surface area contributed by atoms with Crippen LogP contribution < -0.4 is 0 Å². The second kappa shape index (κ2) is 6.20. The van der Waals surface area contributed by atoms with Crippen LogP contribution in [-0.4, -0.2) is 52.2 Å². The number of ether oxygens (including phenoxy) is 2. The fraction of sp³-hybridized carbons (Fsp3) is 0.706. The number of aliphatic hydroxyl groups is 1. The molecule has 0 bridgehead atoms. The minimum absolute atomic E-state index is 0.0715. The molecule has 0 aromatic carbocycles.